The minimum absolute atomic E-state index is 0.183. The fourth-order valence-electron chi connectivity index (χ4n) is 2.70. The van der Waals surface area contributed by atoms with Gasteiger partial charge in [0.05, 0.1) is 30.8 Å². The quantitative estimate of drug-likeness (QED) is 0.750. The predicted octanol–water partition coefficient (Wildman–Crippen LogP) is 2.73. The summed E-state index contributed by atoms with van der Waals surface area (Å²) in [5.74, 6) is 0.0964. The first kappa shape index (κ1) is 19.8. The molecule has 2 aromatic carbocycles. The lowest BCUT2D eigenvalue weighted by atomic mass is 10.2. The highest BCUT2D eigenvalue weighted by Gasteiger charge is 2.26. The highest BCUT2D eigenvalue weighted by molar-refractivity contribution is 9.10. The van der Waals surface area contributed by atoms with Crippen molar-refractivity contribution in [2.45, 2.75) is 4.90 Å². The smallest absolute Gasteiger partial charge is 0.259 e. The van der Waals surface area contributed by atoms with Crippen molar-refractivity contribution in [1.82, 2.24) is 4.31 Å². The number of benzene rings is 2. The van der Waals surface area contributed by atoms with Crippen molar-refractivity contribution in [3.8, 4) is 5.75 Å². The second-order valence-electron chi connectivity index (χ2n) is 5.84. The van der Waals surface area contributed by atoms with Crippen LogP contribution in [-0.4, -0.2) is 52.0 Å². The van der Waals surface area contributed by atoms with E-state index in [9.17, 15) is 13.2 Å². The van der Waals surface area contributed by atoms with E-state index in [0.717, 1.165) is 4.47 Å². The van der Waals surface area contributed by atoms with E-state index in [1.54, 1.807) is 30.3 Å². The molecule has 0 saturated carbocycles. The van der Waals surface area contributed by atoms with E-state index >= 15 is 0 Å². The molecule has 0 radical (unpaired) electrons. The first-order chi connectivity index (χ1) is 12.9. The molecule has 27 heavy (non-hydrogen) atoms. The molecule has 1 N–H and O–H groups in total. The Hall–Kier alpha value is -1.94. The van der Waals surface area contributed by atoms with Gasteiger partial charge in [-0.25, -0.2) is 8.42 Å². The lowest BCUT2D eigenvalue weighted by molar-refractivity contribution is 0.0730. The van der Waals surface area contributed by atoms with Crippen LogP contribution in [0.2, 0.25) is 0 Å². The summed E-state index contributed by atoms with van der Waals surface area (Å²) in [5, 5.41) is 2.75. The molecule has 1 aliphatic heterocycles. The van der Waals surface area contributed by atoms with Gasteiger partial charge in [0.1, 0.15) is 5.75 Å². The largest absolute Gasteiger partial charge is 0.496 e. The summed E-state index contributed by atoms with van der Waals surface area (Å²) < 4.78 is 37.8. The van der Waals surface area contributed by atoms with E-state index in [1.807, 2.05) is 0 Å². The van der Waals surface area contributed by atoms with Crippen LogP contribution in [-0.2, 0) is 14.8 Å². The number of hydrogen-bond donors (Lipinski definition) is 1. The normalized spacial score (nSPS) is 15.3. The number of carbonyl (C=O) groups is 1. The van der Waals surface area contributed by atoms with E-state index in [4.69, 9.17) is 9.47 Å². The van der Waals surface area contributed by atoms with Gasteiger partial charge in [0.15, 0.2) is 0 Å². The molecule has 0 spiro atoms. The number of rotatable bonds is 5. The fourth-order valence-corrected chi connectivity index (χ4v) is 4.47. The molecule has 0 atom stereocenters. The van der Waals surface area contributed by atoms with Crippen LogP contribution in [0.25, 0.3) is 0 Å². The summed E-state index contributed by atoms with van der Waals surface area (Å²) in [6.45, 7) is 1.46. The first-order valence-corrected chi connectivity index (χ1v) is 10.5. The second-order valence-corrected chi connectivity index (χ2v) is 8.69. The molecule has 0 aromatic heterocycles. The Morgan fingerprint density at radius 3 is 2.44 bits per heavy atom. The molecule has 144 valence electrons. The van der Waals surface area contributed by atoms with Gasteiger partial charge in [-0.05, 0) is 42.5 Å². The van der Waals surface area contributed by atoms with Crippen LogP contribution in [0.15, 0.2) is 51.8 Å². The minimum Gasteiger partial charge on any atom is -0.496 e. The number of morpholine rings is 1. The Labute approximate surface area is 166 Å². The van der Waals surface area contributed by atoms with Gasteiger partial charge >= 0.3 is 0 Å². The maximum absolute atomic E-state index is 12.6. The summed E-state index contributed by atoms with van der Waals surface area (Å²) in [4.78, 5) is 12.7. The van der Waals surface area contributed by atoms with Gasteiger partial charge in [-0.15, -0.1) is 0 Å². The molecular formula is C18H19BrN2O5S. The number of halogens is 1. The van der Waals surface area contributed by atoms with Crippen LogP contribution >= 0.6 is 15.9 Å². The summed E-state index contributed by atoms with van der Waals surface area (Å²) in [6, 6.07) is 11.2. The molecule has 0 unspecified atom stereocenters. The number of hydrogen-bond acceptors (Lipinski definition) is 5. The number of amides is 1. The van der Waals surface area contributed by atoms with Crippen LogP contribution < -0.4 is 10.1 Å². The first-order valence-electron chi connectivity index (χ1n) is 8.24. The van der Waals surface area contributed by atoms with E-state index in [0.29, 0.717) is 43.3 Å². The molecule has 0 aliphatic carbocycles. The van der Waals surface area contributed by atoms with E-state index in [-0.39, 0.29) is 10.8 Å². The molecular weight excluding hydrogens is 436 g/mol. The van der Waals surface area contributed by atoms with E-state index in [1.165, 1.54) is 23.5 Å². The van der Waals surface area contributed by atoms with Crippen molar-refractivity contribution in [2.75, 3.05) is 38.7 Å². The molecule has 1 aliphatic rings. The van der Waals surface area contributed by atoms with Crippen LogP contribution in [0, 0.1) is 0 Å². The zero-order chi connectivity index (χ0) is 19.4. The molecule has 2 aromatic rings. The highest BCUT2D eigenvalue weighted by atomic mass is 79.9. The van der Waals surface area contributed by atoms with E-state index in [2.05, 4.69) is 21.2 Å². The number of anilines is 1. The maximum atomic E-state index is 12.6. The number of nitrogens with zero attached hydrogens (tertiary/aromatic N) is 1. The average molecular weight is 455 g/mol. The van der Waals surface area contributed by atoms with Crippen LogP contribution in [0.5, 0.6) is 5.75 Å². The third-order valence-corrected chi connectivity index (χ3v) is 6.53. The van der Waals surface area contributed by atoms with Crippen molar-refractivity contribution >= 4 is 37.5 Å². The topological polar surface area (TPSA) is 84.9 Å². The van der Waals surface area contributed by atoms with Gasteiger partial charge < -0.3 is 14.8 Å². The average Bonchev–Trinajstić information content (AvgIpc) is 2.69. The molecule has 3 rings (SSSR count). The van der Waals surface area contributed by atoms with Gasteiger partial charge in [0.2, 0.25) is 10.0 Å². The molecule has 1 fully saturated rings. The Bertz CT molecular complexity index is 925. The molecule has 1 heterocycles. The highest BCUT2D eigenvalue weighted by Crippen LogP contribution is 2.25. The fraction of sp³-hybridized carbons (Fsp3) is 0.278. The van der Waals surface area contributed by atoms with Gasteiger partial charge in [-0.1, -0.05) is 15.9 Å². The van der Waals surface area contributed by atoms with Crippen LogP contribution in [0.1, 0.15) is 10.4 Å². The van der Waals surface area contributed by atoms with E-state index < -0.39 is 10.0 Å². The maximum Gasteiger partial charge on any atom is 0.259 e. The SMILES string of the molecule is COc1ccc(Br)cc1C(=O)Nc1ccc(S(=O)(=O)N2CCOCC2)cc1. The number of ether oxygens (including phenoxy) is 2. The van der Waals surface area contributed by atoms with Crippen LogP contribution in [0.3, 0.4) is 0 Å². The molecule has 1 amide bonds. The monoisotopic (exact) mass is 454 g/mol. The third-order valence-electron chi connectivity index (χ3n) is 4.13. The molecule has 0 bridgehead atoms. The van der Waals surface area contributed by atoms with Crippen molar-refractivity contribution in [3.63, 3.8) is 0 Å². The third kappa shape index (κ3) is 4.49. The van der Waals surface area contributed by atoms with Gasteiger partial charge in [-0.2, -0.15) is 4.31 Å². The Kier molecular flexibility index (Phi) is 6.15. The van der Waals surface area contributed by atoms with Gasteiger partial charge in [-0.3, -0.25) is 4.79 Å². The predicted molar refractivity (Wildman–Crippen MR) is 105 cm³/mol. The van der Waals surface area contributed by atoms with Crippen LogP contribution in [0.4, 0.5) is 5.69 Å². The molecule has 9 heteroatoms. The van der Waals surface area contributed by atoms with Crippen molar-refractivity contribution in [3.05, 3.63) is 52.5 Å². The zero-order valence-electron chi connectivity index (χ0n) is 14.6. The van der Waals surface area contributed by atoms with Crippen molar-refractivity contribution in [2.24, 2.45) is 0 Å². The minimum atomic E-state index is -3.56. The lowest BCUT2D eigenvalue weighted by Gasteiger charge is -2.26. The summed E-state index contributed by atoms with van der Waals surface area (Å²) in [7, 11) is -2.07. The Morgan fingerprint density at radius 1 is 1.15 bits per heavy atom. The van der Waals surface area contributed by atoms with Gasteiger partial charge in [0, 0.05) is 23.2 Å². The number of sulfonamides is 1. The van der Waals surface area contributed by atoms with Crippen molar-refractivity contribution < 1.29 is 22.7 Å². The zero-order valence-corrected chi connectivity index (χ0v) is 17.0. The standard InChI is InChI=1S/C18H19BrN2O5S/c1-25-17-7-2-13(19)12-16(17)18(22)20-14-3-5-15(6-4-14)27(23,24)21-8-10-26-11-9-21/h2-7,12H,8-11H2,1H3,(H,20,22). The summed E-state index contributed by atoms with van der Waals surface area (Å²) >= 11 is 3.33. The summed E-state index contributed by atoms with van der Waals surface area (Å²) in [6.07, 6.45) is 0. The number of carbonyl (C=O) groups excluding carboxylic acids is 1. The Morgan fingerprint density at radius 2 is 1.81 bits per heavy atom. The van der Waals surface area contributed by atoms with Crippen molar-refractivity contribution in [1.29, 1.82) is 0 Å². The Balaban J connectivity index is 1.76. The lowest BCUT2D eigenvalue weighted by Crippen LogP contribution is -2.40. The number of methoxy groups -OCH3 is 1. The second kappa shape index (κ2) is 8.39. The summed E-state index contributed by atoms with van der Waals surface area (Å²) in [5.41, 5.74) is 0.861. The van der Waals surface area contributed by atoms with Gasteiger partial charge in [0.25, 0.3) is 5.91 Å². The molecule has 7 nitrogen and oxygen atoms in total. The molecule has 1 saturated heterocycles. The number of nitrogens with one attached hydrogen (secondary N) is 1.